The number of H-pyrrole nitrogens is 1. The Morgan fingerprint density at radius 2 is 1.83 bits per heavy atom. The summed E-state index contributed by atoms with van der Waals surface area (Å²) in [5.74, 6) is -0.346. The van der Waals surface area contributed by atoms with E-state index in [1.54, 1.807) is 13.0 Å². The van der Waals surface area contributed by atoms with Gasteiger partial charge in [0.1, 0.15) is 5.69 Å². The van der Waals surface area contributed by atoms with Gasteiger partial charge in [0, 0.05) is 10.9 Å². The SMILES string of the molecule is CCOC(=O)c1cc2ccc(B3OC(C)(C)C(C)(C)O3)cc2[nH]1. The van der Waals surface area contributed by atoms with E-state index in [2.05, 4.69) is 4.98 Å². The average molecular weight is 315 g/mol. The molecule has 0 bridgehead atoms. The van der Waals surface area contributed by atoms with E-state index in [1.807, 2.05) is 45.9 Å². The van der Waals surface area contributed by atoms with Crippen LogP contribution in [-0.4, -0.2) is 35.9 Å². The molecule has 0 amide bonds. The molecule has 2 heterocycles. The summed E-state index contributed by atoms with van der Waals surface area (Å²) in [6.45, 7) is 10.3. The van der Waals surface area contributed by atoms with Crippen LogP contribution in [-0.2, 0) is 14.0 Å². The Labute approximate surface area is 136 Å². The highest BCUT2D eigenvalue weighted by atomic mass is 16.7. The van der Waals surface area contributed by atoms with Crippen LogP contribution in [0.4, 0.5) is 0 Å². The topological polar surface area (TPSA) is 60.6 Å². The first-order valence-electron chi connectivity index (χ1n) is 7.89. The van der Waals surface area contributed by atoms with Crippen LogP contribution in [0.5, 0.6) is 0 Å². The van der Waals surface area contributed by atoms with E-state index in [4.69, 9.17) is 14.0 Å². The molecule has 2 aromatic rings. The minimum atomic E-state index is -0.418. The number of ether oxygens (including phenoxy) is 1. The largest absolute Gasteiger partial charge is 0.494 e. The fourth-order valence-electron chi connectivity index (χ4n) is 2.59. The maximum absolute atomic E-state index is 11.8. The summed E-state index contributed by atoms with van der Waals surface area (Å²) in [5.41, 5.74) is 1.48. The van der Waals surface area contributed by atoms with E-state index < -0.39 is 7.12 Å². The van der Waals surface area contributed by atoms with Gasteiger partial charge in [0.2, 0.25) is 0 Å². The number of esters is 1. The molecule has 1 aromatic carbocycles. The van der Waals surface area contributed by atoms with E-state index in [0.717, 1.165) is 16.4 Å². The van der Waals surface area contributed by atoms with Gasteiger partial charge in [0.15, 0.2) is 0 Å². The Morgan fingerprint density at radius 3 is 2.43 bits per heavy atom. The number of carbonyl (C=O) groups is 1. The number of nitrogens with one attached hydrogen (secondary N) is 1. The molecule has 0 spiro atoms. The Morgan fingerprint density at radius 1 is 1.17 bits per heavy atom. The van der Waals surface area contributed by atoms with Crippen LogP contribution in [0.1, 0.15) is 45.1 Å². The lowest BCUT2D eigenvalue weighted by atomic mass is 9.79. The van der Waals surface area contributed by atoms with Gasteiger partial charge >= 0.3 is 13.1 Å². The molecule has 1 aliphatic heterocycles. The molecule has 1 aliphatic rings. The van der Waals surface area contributed by atoms with Crippen LogP contribution in [0.3, 0.4) is 0 Å². The predicted molar refractivity (Wildman–Crippen MR) is 90.0 cm³/mol. The van der Waals surface area contributed by atoms with Crippen LogP contribution in [0.2, 0.25) is 0 Å². The second-order valence-corrected chi connectivity index (χ2v) is 6.84. The zero-order valence-corrected chi connectivity index (χ0v) is 14.2. The van der Waals surface area contributed by atoms with Crippen LogP contribution < -0.4 is 5.46 Å². The molecule has 122 valence electrons. The Kier molecular flexibility index (Phi) is 3.77. The van der Waals surface area contributed by atoms with Gasteiger partial charge in [-0.05, 0) is 52.2 Å². The fraction of sp³-hybridized carbons (Fsp3) is 0.471. The Balaban J connectivity index is 1.91. The fourth-order valence-corrected chi connectivity index (χ4v) is 2.59. The highest BCUT2D eigenvalue weighted by Gasteiger charge is 2.51. The number of hydrogen-bond donors (Lipinski definition) is 1. The summed E-state index contributed by atoms with van der Waals surface area (Å²) in [4.78, 5) is 14.9. The minimum absolute atomic E-state index is 0.346. The van der Waals surface area contributed by atoms with Crippen molar-refractivity contribution >= 4 is 29.5 Å². The molecule has 1 fully saturated rings. The van der Waals surface area contributed by atoms with Crippen molar-refractivity contribution in [3.05, 3.63) is 30.0 Å². The van der Waals surface area contributed by atoms with Gasteiger partial charge in [0.25, 0.3) is 0 Å². The zero-order valence-electron chi connectivity index (χ0n) is 14.2. The standard InChI is InChI=1S/C17H22BNO4/c1-6-21-15(20)14-9-11-7-8-12(10-13(11)19-14)18-22-16(2,3)17(4,5)23-18/h7-10,19H,6H2,1-5H3. The number of aromatic nitrogens is 1. The summed E-state index contributed by atoms with van der Waals surface area (Å²) in [5, 5.41) is 0.952. The van der Waals surface area contributed by atoms with Crippen molar-refractivity contribution in [2.75, 3.05) is 6.61 Å². The quantitative estimate of drug-likeness (QED) is 0.699. The van der Waals surface area contributed by atoms with E-state index in [9.17, 15) is 4.79 Å². The molecular weight excluding hydrogens is 293 g/mol. The molecule has 0 radical (unpaired) electrons. The molecule has 1 N–H and O–H groups in total. The van der Waals surface area contributed by atoms with Crippen LogP contribution in [0.15, 0.2) is 24.3 Å². The first kappa shape index (κ1) is 16.1. The lowest BCUT2D eigenvalue weighted by molar-refractivity contribution is 0.00578. The van der Waals surface area contributed by atoms with Crippen LogP contribution >= 0.6 is 0 Å². The van der Waals surface area contributed by atoms with Gasteiger partial charge < -0.3 is 19.0 Å². The van der Waals surface area contributed by atoms with Crippen molar-refractivity contribution in [2.45, 2.75) is 45.8 Å². The third-order valence-corrected chi connectivity index (χ3v) is 4.67. The second kappa shape index (κ2) is 5.39. The van der Waals surface area contributed by atoms with Gasteiger partial charge in [-0.25, -0.2) is 4.79 Å². The lowest BCUT2D eigenvalue weighted by Gasteiger charge is -2.32. The van der Waals surface area contributed by atoms with Crippen molar-refractivity contribution in [3.8, 4) is 0 Å². The molecule has 5 nitrogen and oxygen atoms in total. The molecule has 0 unspecified atom stereocenters. The molecular formula is C17H22BNO4. The number of carbonyl (C=O) groups excluding carboxylic acids is 1. The predicted octanol–water partition coefficient (Wildman–Crippen LogP) is 2.64. The summed E-state index contributed by atoms with van der Waals surface area (Å²) in [6.07, 6.45) is 0. The van der Waals surface area contributed by atoms with Crippen molar-refractivity contribution < 1.29 is 18.8 Å². The maximum Gasteiger partial charge on any atom is 0.494 e. The molecule has 0 aliphatic carbocycles. The molecule has 0 atom stereocenters. The summed E-state index contributed by atoms with van der Waals surface area (Å²) in [7, 11) is -0.418. The summed E-state index contributed by atoms with van der Waals surface area (Å²) in [6, 6.07) is 7.67. The van der Waals surface area contributed by atoms with Crippen LogP contribution in [0.25, 0.3) is 10.9 Å². The van der Waals surface area contributed by atoms with Gasteiger partial charge in [0.05, 0.1) is 17.8 Å². The monoisotopic (exact) mass is 315 g/mol. The lowest BCUT2D eigenvalue weighted by Crippen LogP contribution is -2.41. The first-order valence-corrected chi connectivity index (χ1v) is 7.89. The zero-order chi connectivity index (χ0) is 16.8. The molecule has 1 saturated heterocycles. The number of fused-ring (bicyclic) bond motifs is 1. The molecule has 23 heavy (non-hydrogen) atoms. The number of aromatic amines is 1. The normalized spacial score (nSPS) is 19.3. The maximum atomic E-state index is 11.8. The second-order valence-electron chi connectivity index (χ2n) is 6.84. The van der Waals surface area contributed by atoms with Crippen LogP contribution in [0, 0.1) is 0 Å². The number of hydrogen-bond acceptors (Lipinski definition) is 4. The third-order valence-electron chi connectivity index (χ3n) is 4.67. The van der Waals surface area contributed by atoms with E-state index in [1.165, 1.54) is 0 Å². The van der Waals surface area contributed by atoms with E-state index >= 15 is 0 Å². The summed E-state index contributed by atoms with van der Waals surface area (Å²) >= 11 is 0. The number of rotatable bonds is 3. The van der Waals surface area contributed by atoms with Gasteiger partial charge in [-0.3, -0.25) is 0 Å². The van der Waals surface area contributed by atoms with Crippen molar-refractivity contribution in [1.29, 1.82) is 0 Å². The summed E-state index contributed by atoms with van der Waals surface area (Å²) < 4.78 is 17.2. The first-order chi connectivity index (χ1) is 10.7. The average Bonchev–Trinajstić information content (AvgIpc) is 2.97. The van der Waals surface area contributed by atoms with Gasteiger partial charge in [-0.1, -0.05) is 12.1 Å². The Hall–Kier alpha value is -1.79. The van der Waals surface area contributed by atoms with E-state index in [-0.39, 0.29) is 17.2 Å². The molecule has 3 rings (SSSR count). The smallest absolute Gasteiger partial charge is 0.461 e. The molecule has 6 heteroatoms. The third kappa shape index (κ3) is 2.77. The minimum Gasteiger partial charge on any atom is -0.461 e. The molecule has 1 aromatic heterocycles. The van der Waals surface area contributed by atoms with E-state index in [0.29, 0.717) is 12.3 Å². The van der Waals surface area contributed by atoms with Crippen molar-refractivity contribution in [1.82, 2.24) is 4.98 Å². The Bertz CT molecular complexity index is 734. The van der Waals surface area contributed by atoms with Gasteiger partial charge in [-0.2, -0.15) is 0 Å². The number of benzene rings is 1. The highest BCUT2D eigenvalue weighted by Crippen LogP contribution is 2.36. The van der Waals surface area contributed by atoms with Crippen molar-refractivity contribution in [3.63, 3.8) is 0 Å². The van der Waals surface area contributed by atoms with Gasteiger partial charge in [-0.15, -0.1) is 0 Å². The van der Waals surface area contributed by atoms with Crippen molar-refractivity contribution in [2.24, 2.45) is 0 Å². The molecule has 0 saturated carbocycles. The highest BCUT2D eigenvalue weighted by molar-refractivity contribution is 6.62.